The van der Waals surface area contributed by atoms with E-state index in [1.807, 2.05) is 30.5 Å². The predicted octanol–water partition coefficient (Wildman–Crippen LogP) is 3.98. The Morgan fingerprint density at radius 2 is 1.77 bits per heavy atom. The van der Waals surface area contributed by atoms with Gasteiger partial charge < -0.3 is 9.80 Å². The SMILES string of the molecule is CN1CCN(c2ccc(-c3ccnc4ccc(C=C5SC(=O)NC5=O)cc34)cc2)CC1. The molecule has 2 saturated heterocycles. The summed E-state index contributed by atoms with van der Waals surface area (Å²) in [6.07, 6.45) is 3.57. The lowest BCUT2D eigenvalue weighted by atomic mass is 9.99. The Morgan fingerprint density at radius 3 is 2.48 bits per heavy atom. The minimum Gasteiger partial charge on any atom is -0.369 e. The summed E-state index contributed by atoms with van der Waals surface area (Å²) in [6.45, 7) is 4.24. The highest BCUT2D eigenvalue weighted by atomic mass is 32.2. The van der Waals surface area contributed by atoms with Gasteiger partial charge in [0, 0.05) is 43.4 Å². The molecule has 2 fully saturated rings. The fourth-order valence-electron chi connectivity index (χ4n) is 3.99. The average Bonchev–Trinajstić information content (AvgIpc) is 3.10. The van der Waals surface area contributed by atoms with E-state index >= 15 is 0 Å². The van der Waals surface area contributed by atoms with Gasteiger partial charge >= 0.3 is 0 Å². The first kappa shape index (κ1) is 19.8. The first-order valence-electron chi connectivity index (χ1n) is 10.2. The van der Waals surface area contributed by atoms with Gasteiger partial charge in [-0.25, -0.2) is 0 Å². The molecule has 0 saturated carbocycles. The number of nitrogens with one attached hydrogen (secondary N) is 1. The number of nitrogens with zero attached hydrogens (tertiary/aromatic N) is 3. The second-order valence-corrected chi connectivity index (χ2v) is 8.84. The minimum absolute atomic E-state index is 0.333. The molecule has 2 aliphatic rings. The zero-order valence-electron chi connectivity index (χ0n) is 17.2. The number of carbonyl (C=O) groups is 2. The first-order valence-corrected chi connectivity index (χ1v) is 11.1. The van der Waals surface area contributed by atoms with Crippen LogP contribution in [-0.2, 0) is 4.79 Å². The van der Waals surface area contributed by atoms with Crippen LogP contribution in [0.4, 0.5) is 10.5 Å². The van der Waals surface area contributed by atoms with Crippen molar-refractivity contribution in [3.63, 3.8) is 0 Å². The monoisotopic (exact) mass is 430 g/mol. The van der Waals surface area contributed by atoms with Crippen LogP contribution >= 0.6 is 11.8 Å². The Balaban J connectivity index is 1.47. The first-order chi connectivity index (χ1) is 15.1. The number of pyridine rings is 1. The van der Waals surface area contributed by atoms with Gasteiger partial charge in [-0.2, -0.15) is 0 Å². The second kappa shape index (κ2) is 8.17. The lowest BCUT2D eigenvalue weighted by Crippen LogP contribution is -2.44. The molecule has 0 spiro atoms. The molecule has 2 aliphatic heterocycles. The molecule has 7 heteroatoms. The van der Waals surface area contributed by atoms with E-state index in [1.54, 1.807) is 6.08 Å². The molecule has 2 amide bonds. The fraction of sp³-hybridized carbons (Fsp3) is 0.208. The number of hydrogen-bond donors (Lipinski definition) is 1. The van der Waals surface area contributed by atoms with E-state index in [0.29, 0.717) is 4.91 Å². The van der Waals surface area contributed by atoms with Crippen LogP contribution in [0.25, 0.3) is 28.1 Å². The number of likely N-dealkylation sites (N-methyl/N-ethyl adjacent to an activating group) is 1. The number of rotatable bonds is 3. The highest BCUT2D eigenvalue weighted by Gasteiger charge is 2.25. The van der Waals surface area contributed by atoms with Crippen LogP contribution in [0.2, 0.25) is 0 Å². The van der Waals surface area contributed by atoms with Gasteiger partial charge in [0.25, 0.3) is 11.1 Å². The maximum absolute atomic E-state index is 11.9. The summed E-state index contributed by atoms with van der Waals surface area (Å²) in [5, 5.41) is 2.97. The number of anilines is 1. The zero-order chi connectivity index (χ0) is 21.4. The molecule has 0 atom stereocenters. The third kappa shape index (κ3) is 4.06. The molecule has 3 aromatic rings. The van der Waals surface area contributed by atoms with Gasteiger partial charge in [-0.3, -0.25) is 19.9 Å². The van der Waals surface area contributed by atoms with Gasteiger partial charge in [-0.1, -0.05) is 18.2 Å². The summed E-state index contributed by atoms with van der Waals surface area (Å²) in [7, 11) is 2.16. The van der Waals surface area contributed by atoms with E-state index in [-0.39, 0.29) is 11.1 Å². The Bertz CT molecular complexity index is 1200. The largest absolute Gasteiger partial charge is 0.369 e. The van der Waals surface area contributed by atoms with Crippen molar-refractivity contribution in [3.8, 4) is 11.1 Å². The lowest BCUT2D eigenvalue weighted by molar-refractivity contribution is -0.115. The highest BCUT2D eigenvalue weighted by Crippen LogP contribution is 2.32. The molecule has 2 aromatic carbocycles. The van der Waals surface area contributed by atoms with Gasteiger partial charge in [0.1, 0.15) is 0 Å². The molecule has 3 heterocycles. The van der Waals surface area contributed by atoms with Crippen molar-refractivity contribution in [1.29, 1.82) is 0 Å². The number of benzene rings is 2. The topological polar surface area (TPSA) is 65.5 Å². The summed E-state index contributed by atoms with van der Waals surface area (Å²) in [4.78, 5) is 33.0. The molecule has 0 bridgehead atoms. The van der Waals surface area contributed by atoms with Crippen LogP contribution < -0.4 is 10.2 Å². The van der Waals surface area contributed by atoms with Crippen molar-refractivity contribution < 1.29 is 9.59 Å². The molecule has 6 nitrogen and oxygen atoms in total. The van der Waals surface area contributed by atoms with Crippen LogP contribution in [-0.4, -0.2) is 54.3 Å². The number of aromatic nitrogens is 1. The Kier molecular flexibility index (Phi) is 5.21. The molecule has 1 N–H and O–H groups in total. The quantitative estimate of drug-likeness (QED) is 0.634. The van der Waals surface area contributed by atoms with Crippen molar-refractivity contribution >= 4 is 45.6 Å². The molecule has 31 heavy (non-hydrogen) atoms. The van der Waals surface area contributed by atoms with Gasteiger partial charge in [0.15, 0.2) is 0 Å². The van der Waals surface area contributed by atoms with Crippen LogP contribution in [0, 0.1) is 0 Å². The van der Waals surface area contributed by atoms with Gasteiger partial charge in [-0.15, -0.1) is 0 Å². The molecule has 156 valence electrons. The summed E-state index contributed by atoms with van der Waals surface area (Å²) >= 11 is 0.928. The normalized spacial score (nSPS) is 18.7. The Morgan fingerprint density at radius 1 is 1.00 bits per heavy atom. The number of hydrogen-bond acceptors (Lipinski definition) is 6. The summed E-state index contributed by atoms with van der Waals surface area (Å²) in [5.74, 6) is -0.346. The highest BCUT2D eigenvalue weighted by molar-refractivity contribution is 8.18. The third-order valence-electron chi connectivity index (χ3n) is 5.75. The summed E-state index contributed by atoms with van der Waals surface area (Å²) in [6, 6.07) is 16.6. The molecule has 0 aliphatic carbocycles. The molecule has 0 radical (unpaired) electrons. The van der Waals surface area contributed by atoms with Gasteiger partial charge in [0.05, 0.1) is 10.4 Å². The van der Waals surface area contributed by atoms with Crippen LogP contribution in [0.15, 0.2) is 59.6 Å². The fourth-order valence-corrected chi connectivity index (χ4v) is 4.68. The van der Waals surface area contributed by atoms with Crippen LogP contribution in [0.5, 0.6) is 0 Å². The van der Waals surface area contributed by atoms with E-state index in [1.165, 1.54) is 5.69 Å². The van der Waals surface area contributed by atoms with Crippen molar-refractivity contribution in [2.45, 2.75) is 0 Å². The van der Waals surface area contributed by atoms with Gasteiger partial charge in [-0.05, 0) is 71.9 Å². The van der Waals surface area contributed by atoms with Crippen LogP contribution in [0.1, 0.15) is 5.56 Å². The van der Waals surface area contributed by atoms with Crippen molar-refractivity contribution in [2.75, 3.05) is 38.1 Å². The summed E-state index contributed by atoms with van der Waals surface area (Å²) < 4.78 is 0. The molecule has 0 unspecified atom stereocenters. The number of fused-ring (bicyclic) bond motifs is 1. The number of carbonyl (C=O) groups excluding carboxylic acids is 2. The molecule has 1 aromatic heterocycles. The van der Waals surface area contributed by atoms with E-state index in [4.69, 9.17) is 0 Å². The Hall–Kier alpha value is -3.16. The molecule has 5 rings (SSSR count). The van der Waals surface area contributed by atoms with E-state index in [9.17, 15) is 9.59 Å². The number of imide groups is 1. The predicted molar refractivity (Wildman–Crippen MR) is 126 cm³/mol. The lowest BCUT2D eigenvalue weighted by Gasteiger charge is -2.34. The molecular formula is C24H22N4O2S. The van der Waals surface area contributed by atoms with Crippen molar-refractivity contribution in [1.82, 2.24) is 15.2 Å². The maximum Gasteiger partial charge on any atom is 0.290 e. The van der Waals surface area contributed by atoms with E-state index < -0.39 is 0 Å². The number of thioether (sulfide) groups is 1. The van der Waals surface area contributed by atoms with Crippen molar-refractivity contribution in [2.24, 2.45) is 0 Å². The average molecular weight is 431 g/mol. The third-order valence-corrected chi connectivity index (χ3v) is 6.56. The molecular weight excluding hydrogens is 408 g/mol. The number of piperazine rings is 1. The standard InChI is InChI=1S/C24H22N4O2S/c1-27-10-12-28(13-11-27)18-5-3-17(4-6-18)19-8-9-25-21-7-2-16(14-20(19)21)15-22-23(29)26-24(30)31-22/h2-9,14-15H,10-13H2,1H3,(H,26,29,30). The van der Waals surface area contributed by atoms with Crippen LogP contribution in [0.3, 0.4) is 0 Å². The maximum atomic E-state index is 11.9. The smallest absolute Gasteiger partial charge is 0.290 e. The summed E-state index contributed by atoms with van der Waals surface area (Å²) in [5.41, 5.74) is 5.22. The van der Waals surface area contributed by atoms with Gasteiger partial charge in [0.2, 0.25) is 0 Å². The van der Waals surface area contributed by atoms with E-state index in [2.05, 4.69) is 51.4 Å². The second-order valence-electron chi connectivity index (χ2n) is 7.82. The minimum atomic E-state index is -0.346. The number of amides is 2. The Labute approximate surface area is 184 Å². The van der Waals surface area contributed by atoms with Crippen molar-refractivity contribution in [3.05, 3.63) is 65.2 Å². The zero-order valence-corrected chi connectivity index (χ0v) is 18.0. The van der Waals surface area contributed by atoms with E-state index in [0.717, 1.165) is 65.5 Å².